The molecule has 1 atom stereocenters. The summed E-state index contributed by atoms with van der Waals surface area (Å²) in [6.07, 6.45) is 2.89. The summed E-state index contributed by atoms with van der Waals surface area (Å²) in [7, 11) is 4.09. The molecule has 5 heteroatoms. The Labute approximate surface area is 115 Å². The topological polar surface area (TPSA) is 53.1 Å². The summed E-state index contributed by atoms with van der Waals surface area (Å²) < 4.78 is 0. The van der Waals surface area contributed by atoms with E-state index in [0.717, 1.165) is 24.1 Å². The van der Waals surface area contributed by atoms with E-state index in [2.05, 4.69) is 46.4 Å². The van der Waals surface area contributed by atoms with Gasteiger partial charge in [0, 0.05) is 25.7 Å². The maximum absolute atomic E-state index is 4.41. The maximum Gasteiger partial charge on any atom is 0.134 e. The van der Waals surface area contributed by atoms with Gasteiger partial charge in [-0.3, -0.25) is 0 Å². The Morgan fingerprint density at radius 2 is 2.11 bits per heavy atom. The van der Waals surface area contributed by atoms with E-state index in [0.29, 0.717) is 5.92 Å². The molecule has 1 fully saturated rings. The lowest BCUT2D eigenvalue weighted by atomic mass is 10.0. The predicted molar refractivity (Wildman–Crippen MR) is 79.8 cm³/mol. The highest BCUT2D eigenvalue weighted by molar-refractivity contribution is 5.58. The van der Waals surface area contributed by atoms with Gasteiger partial charge < -0.3 is 15.5 Å². The van der Waals surface area contributed by atoms with Gasteiger partial charge in [-0.15, -0.1) is 0 Å². The first kappa shape index (κ1) is 14.1. The summed E-state index contributed by atoms with van der Waals surface area (Å²) in [5, 5.41) is 6.67. The van der Waals surface area contributed by atoms with E-state index < -0.39 is 0 Å². The van der Waals surface area contributed by atoms with E-state index >= 15 is 0 Å². The summed E-state index contributed by atoms with van der Waals surface area (Å²) in [6, 6.07) is 0. The Bertz CT molecular complexity index is 418. The molecule has 106 valence electrons. The lowest BCUT2D eigenvalue weighted by molar-refractivity contribution is 0.399. The lowest BCUT2D eigenvalue weighted by Crippen LogP contribution is -2.20. The molecule has 0 radical (unpaired) electrons. The Kier molecular flexibility index (Phi) is 4.58. The Balaban J connectivity index is 2.07. The number of rotatable bonds is 5. The second-order valence-electron chi connectivity index (χ2n) is 5.69. The number of aromatic nitrogens is 2. The van der Waals surface area contributed by atoms with Gasteiger partial charge in [-0.25, -0.2) is 9.97 Å². The monoisotopic (exact) mass is 263 g/mol. The van der Waals surface area contributed by atoms with Gasteiger partial charge in [0.1, 0.15) is 18.0 Å². The van der Waals surface area contributed by atoms with E-state index in [1.165, 1.54) is 25.1 Å². The fourth-order valence-corrected chi connectivity index (χ4v) is 2.72. The van der Waals surface area contributed by atoms with E-state index in [9.17, 15) is 0 Å². The van der Waals surface area contributed by atoms with Crippen molar-refractivity contribution in [1.82, 2.24) is 14.9 Å². The molecule has 1 unspecified atom stereocenters. The SMILES string of the molecule is CNc1ncnc(NCC2CCN(C)C2)c1C(C)C. The first-order valence-corrected chi connectivity index (χ1v) is 7.06. The number of anilines is 2. The number of nitrogens with one attached hydrogen (secondary N) is 2. The molecule has 1 aromatic rings. The molecule has 0 bridgehead atoms. The molecule has 1 aromatic heterocycles. The van der Waals surface area contributed by atoms with Crippen molar-refractivity contribution in [3.63, 3.8) is 0 Å². The van der Waals surface area contributed by atoms with E-state index in [-0.39, 0.29) is 0 Å². The van der Waals surface area contributed by atoms with Gasteiger partial charge in [0.05, 0.1) is 0 Å². The fraction of sp³-hybridized carbons (Fsp3) is 0.714. The summed E-state index contributed by atoms with van der Waals surface area (Å²) in [4.78, 5) is 11.1. The number of hydrogen-bond donors (Lipinski definition) is 2. The van der Waals surface area contributed by atoms with Gasteiger partial charge >= 0.3 is 0 Å². The van der Waals surface area contributed by atoms with Crippen molar-refractivity contribution < 1.29 is 0 Å². The van der Waals surface area contributed by atoms with Crippen LogP contribution in [-0.4, -0.2) is 48.6 Å². The average Bonchev–Trinajstić information content (AvgIpc) is 2.81. The maximum atomic E-state index is 4.41. The minimum atomic E-state index is 0.400. The van der Waals surface area contributed by atoms with E-state index in [1.807, 2.05) is 7.05 Å². The van der Waals surface area contributed by atoms with Crippen LogP contribution in [0, 0.1) is 5.92 Å². The van der Waals surface area contributed by atoms with Crippen LogP contribution in [-0.2, 0) is 0 Å². The van der Waals surface area contributed by atoms with Crippen LogP contribution >= 0.6 is 0 Å². The van der Waals surface area contributed by atoms with Crippen LogP contribution in [0.2, 0.25) is 0 Å². The molecule has 2 N–H and O–H groups in total. The molecule has 0 spiro atoms. The fourth-order valence-electron chi connectivity index (χ4n) is 2.72. The van der Waals surface area contributed by atoms with Crippen molar-refractivity contribution in [2.45, 2.75) is 26.2 Å². The second kappa shape index (κ2) is 6.19. The van der Waals surface area contributed by atoms with Crippen molar-refractivity contribution in [2.24, 2.45) is 5.92 Å². The quantitative estimate of drug-likeness (QED) is 0.851. The molecule has 0 saturated carbocycles. The molecule has 0 amide bonds. The third-order valence-electron chi connectivity index (χ3n) is 3.75. The Hall–Kier alpha value is -1.36. The standard InChI is InChI=1S/C14H25N5/c1-10(2)12-13(15-3)17-9-18-14(12)16-7-11-5-6-19(4)8-11/h9-11H,5-8H2,1-4H3,(H2,15,16,17,18). The van der Waals surface area contributed by atoms with Crippen molar-refractivity contribution in [1.29, 1.82) is 0 Å². The van der Waals surface area contributed by atoms with Crippen LogP contribution in [0.5, 0.6) is 0 Å². The smallest absolute Gasteiger partial charge is 0.134 e. The number of likely N-dealkylation sites (tertiary alicyclic amines) is 1. The minimum absolute atomic E-state index is 0.400. The van der Waals surface area contributed by atoms with Gasteiger partial charge in [0.15, 0.2) is 0 Å². The van der Waals surface area contributed by atoms with Crippen LogP contribution in [0.25, 0.3) is 0 Å². The molecule has 5 nitrogen and oxygen atoms in total. The Morgan fingerprint density at radius 3 is 2.68 bits per heavy atom. The molecule has 0 aliphatic carbocycles. The molecule has 2 heterocycles. The largest absolute Gasteiger partial charge is 0.373 e. The molecule has 2 rings (SSSR count). The molecular weight excluding hydrogens is 238 g/mol. The molecule has 19 heavy (non-hydrogen) atoms. The number of hydrogen-bond acceptors (Lipinski definition) is 5. The van der Waals surface area contributed by atoms with Crippen LogP contribution < -0.4 is 10.6 Å². The van der Waals surface area contributed by atoms with Gasteiger partial charge in [-0.2, -0.15) is 0 Å². The first-order chi connectivity index (χ1) is 9.11. The lowest BCUT2D eigenvalue weighted by Gasteiger charge is -2.18. The van der Waals surface area contributed by atoms with Crippen LogP contribution in [0.4, 0.5) is 11.6 Å². The zero-order chi connectivity index (χ0) is 13.8. The van der Waals surface area contributed by atoms with Crippen molar-refractivity contribution in [2.75, 3.05) is 44.4 Å². The van der Waals surface area contributed by atoms with Gasteiger partial charge in [-0.1, -0.05) is 13.8 Å². The zero-order valence-corrected chi connectivity index (χ0v) is 12.4. The van der Waals surface area contributed by atoms with Gasteiger partial charge in [0.2, 0.25) is 0 Å². The van der Waals surface area contributed by atoms with Crippen LogP contribution in [0.3, 0.4) is 0 Å². The molecular formula is C14H25N5. The summed E-state index contributed by atoms with van der Waals surface area (Å²) in [5.41, 5.74) is 1.18. The highest BCUT2D eigenvalue weighted by Gasteiger charge is 2.20. The summed E-state index contributed by atoms with van der Waals surface area (Å²) in [5.74, 6) is 3.02. The zero-order valence-electron chi connectivity index (χ0n) is 12.4. The first-order valence-electron chi connectivity index (χ1n) is 7.06. The third-order valence-corrected chi connectivity index (χ3v) is 3.75. The van der Waals surface area contributed by atoms with Crippen molar-refractivity contribution >= 4 is 11.6 Å². The third kappa shape index (κ3) is 3.35. The molecule has 0 aromatic carbocycles. The van der Waals surface area contributed by atoms with E-state index in [4.69, 9.17) is 0 Å². The normalized spacial score (nSPS) is 19.9. The Morgan fingerprint density at radius 1 is 1.37 bits per heavy atom. The number of nitrogens with zero attached hydrogens (tertiary/aromatic N) is 3. The van der Waals surface area contributed by atoms with Crippen molar-refractivity contribution in [3.8, 4) is 0 Å². The summed E-state index contributed by atoms with van der Waals surface area (Å²) in [6.45, 7) is 7.72. The van der Waals surface area contributed by atoms with Gasteiger partial charge in [-0.05, 0) is 31.8 Å². The summed E-state index contributed by atoms with van der Waals surface area (Å²) >= 11 is 0. The van der Waals surface area contributed by atoms with E-state index in [1.54, 1.807) is 6.33 Å². The van der Waals surface area contributed by atoms with Gasteiger partial charge in [0.25, 0.3) is 0 Å². The highest BCUT2D eigenvalue weighted by Crippen LogP contribution is 2.28. The molecule has 1 saturated heterocycles. The van der Waals surface area contributed by atoms with Crippen LogP contribution in [0.1, 0.15) is 31.7 Å². The van der Waals surface area contributed by atoms with Crippen molar-refractivity contribution in [3.05, 3.63) is 11.9 Å². The molecule has 1 aliphatic heterocycles. The van der Waals surface area contributed by atoms with Crippen LogP contribution in [0.15, 0.2) is 6.33 Å². The minimum Gasteiger partial charge on any atom is -0.373 e. The molecule has 1 aliphatic rings. The average molecular weight is 263 g/mol. The predicted octanol–water partition coefficient (Wildman–Crippen LogP) is 2.01. The highest BCUT2D eigenvalue weighted by atomic mass is 15.1. The second-order valence-corrected chi connectivity index (χ2v) is 5.69.